The third-order valence-electron chi connectivity index (χ3n) is 4.70. The van der Waals surface area contributed by atoms with Gasteiger partial charge in [-0.15, -0.1) is 0 Å². The molecule has 3 N–H and O–H groups in total. The highest BCUT2D eigenvalue weighted by Gasteiger charge is 2.37. The number of carboxylic acid groups (broad SMARTS) is 1. The minimum atomic E-state index is -1.04. The van der Waals surface area contributed by atoms with Crippen LogP contribution in [0, 0.1) is 5.92 Å². The summed E-state index contributed by atoms with van der Waals surface area (Å²) in [4.78, 5) is 34.7. The van der Waals surface area contributed by atoms with Gasteiger partial charge in [0.1, 0.15) is 11.3 Å². The molecule has 0 radical (unpaired) electrons. The number of Topliss-reactive ketones (excluding diaryl/α,β-unsaturated/α-hetero) is 1. The Morgan fingerprint density at radius 3 is 2.55 bits per heavy atom. The van der Waals surface area contributed by atoms with Gasteiger partial charge in [0.05, 0.1) is 6.04 Å². The molecule has 0 unspecified atom stereocenters. The molecule has 1 heterocycles. The quantitative estimate of drug-likeness (QED) is 0.209. The van der Waals surface area contributed by atoms with Crippen LogP contribution < -0.4 is 5.32 Å². The van der Waals surface area contributed by atoms with Crippen molar-refractivity contribution in [1.82, 2.24) is 5.32 Å². The lowest BCUT2D eigenvalue weighted by atomic mass is 10.0. The number of allylic oxidation sites excluding steroid dienone is 8. The molecule has 0 aromatic rings. The molecule has 29 heavy (non-hydrogen) atoms. The molecule has 0 aliphatic carbocycles. The molecule has 1 amide bonds. The number of amides is 1. The van der Waals surface area contributed by atoms with Crippen molar-refractivity contribution in [2.75, 3.05) is 0 Å². The van der Waals surface area contributed by atoms with Gasteiger partial charge in [0.25, 0.3) is 5.91 Å². The lowest BCUT2D eigenvalue weighted by molar-refractivity contribution is -0.137. The summed E-state index contributed by atoms with van der Waals surface area (Å²) in [7, 11) is 0. The molecule has 0 spiro atoms. The molecule has 1 aliphatic rings. The minimum Gasteiger partial charge on any atom is -0.507 e. The summed E-state index contributed by atoms with van der Waals surface area (Å²) in [5, 5.41) is 21.2. The number of aliphatic carboxylic acids is 1. The van der Waals surface area contributed by atoms with E-state index in [1.165, 1.54) is 11.6 Å². The molecular weight excluding hydrogens is 370 g/mol. The number of hydrogen-bond donors (Lipinski definition) is 3. The van der Waals surface area contributed by atoms with Crippen molar-refractivity contribution in [2.45, 2.75) is 58.9 Å². The van der Waals surface area contributed by atoms with Crippen molar-refractivity contribution >= 4 is 17.7 Å². The van der Waals surface area contributed by atoms with Gasteiger partial charge >= 0.3 is 5.97 Å². The minimum absolute atomic E-state index is 0.00885. The van der Waals surface area contributed by atoms with Crippen LogP contribution in [0.1, 0.15) is 52.9 Å². The van der Waals surface area contributed by atoms with Crippen LogP contribution in [0.2, 0.25) is 0 Å². The van der Waals surface area contributed by atoms with E-state index in [0.29, 0.717) is 12.3 Å². The fourth-order valence-corrected chi connectivity index (χ4v) is 2.77. The smallest absolute Gasteiger partial charge is 0.303 e. The molecule has 6 nitrogen and oxygen atoms in total. The number of carbonyl (C=O) groups excluding carboxylic acids is 2. The highest BCUT2D eigenvalue weighted by Crippen LogP contribution is 2.18. The van der Waals surface area contributed by atoms with Gasteiger partial charge in [-0.2, -0.15) is 0 Å². The van der Waals surface area contributed by atoms with Crippen LogP contribution in [0.5, 0.6) is 0 Å². The van der Waals surface area contributed by atoms with E-state index >= 15 is 0 Å². The summed E-state index contributed by atoms with van der Waals surface area (Å²) >= 11 is 0. The van der Waals surface area contributed by atoms with Crippen molar-refractivity contribution < 1.29 is 24.6 Å². The zero-order valence-electron chi connectivity index (χ0n) is 17.4. The number of nitrogens with one attached hydrogen (secondary N) is 1. The van der Waals surface area contributed by atoms with Crippen LogP contribution in [-0.2, 0) is 14.4 Å². The second-order valence-corrected chi connectivity index (χ2v) is 7.22. The van der Waals surface area contributed by atoms with Gasteiger partial charge in [-0.1, -0.05) is 49.0 Å². The molecule has 1 aliphatic heterocycles. The topological polar surface area (TPSA) is 104 Å². The molecule has 0 saturated carbocycles. The molecule has 1 saturated heterocycles. The average Bonchev–Trinajstić information content (AvgIpc) is 2.96. The zero-order chi connectivity index (χ0) is 21.8. The normalized spacial score (nSPS) is 20.8. The maximum absolute atomic E-state index is 12.2. The van der Waals surface area contributed by atoms with E-state index in [-0.39, 0.29) is 24.2 Å². The zero-order valence-corrected chi connectivity index (χ0v) is 17.4. The number of carbonyl (C=O) groups is 3. The van der Waals surface area contributed by atoms with Gasteiger partial charge in [-0.25, -0.2) is 0 Å². The van der Waals surface area contributed by atoms with Crippen molar-refractivity contribution in [2.24, 2.45) is 5.92 Å². The molecule has 158 valence electrons. The summed E-state index contributed by atoms with van der Waals surface area (Å²) in [5.74, 6) is -2.17. The molecule has 1 rings (SSSR count). The van der Waals surface area contributed by atoms with E-state index in [1.54, 1.807) is 6.08 Å². The number of aliphatic hydroxyl groups is 1. The number of rotatable bonds is 11. The van der Waals surface area contributed by atoms with E-state index in [4.69, 9.17) is 5.11 Å². The molecule has 0 bridgehead atoms. The van der Waals surface area contributed by atoms with Gasteiger partial charge in [0.15, 0.2) is 5.78 Å². The van der Waals surface area contributed by atoms with Crippen molar-refractivity contribution in [3.63, 3.8) is 0 Å². The third-order valence-corrected chi connectivity index (χ3v) is 4.70. The van der Waals surface area contributed by atoms with E-state index < -0.39 is 23.7 Å². The van der Waals surface area contributed by atoms with Gasteiger partial charge < -0.3 is 15.5 Å². The summed E-state index contributed by atoms with van der Waals surface area (Å²) in [5.41, 5.74) is 0.917. The lowest BCUT2D eigenvalue weighted by Gasteiger charge is -2.05. The number of hydrogen-bond acceptors (Lipinski definition) is 4. The Balaban J connectivity index is 2.49. The average molecular weight is 402 g/mol. The van der Waals surface area contributed by atoms with Crippen LogP contribution in [0.25, 0.3) is 0 Å². The van der Waals surface area contributed by atoms with Gasteiger partial charge in [0.2, 0.25) is 0 Å². The largest absolute Gasteiger partial charge is 0.507 e. The summed E-state index contributed by atoms with van der Waals surface area (Å²) in [6, 6.07) is -0.887. The summed E-state index contributed by atoms with van der Waals surface area (Å²) < 4.78 is 0. The van der Waals surface area contributed by atoms with Crippen molar-refractivity contribution in [3.05, 3.63) is 59.4 Å². The number of ketones is 1. The number of carboxylic acids is 1. The SMILES string of the molecule is C/C=C(C)/C=C/C=C/C[C@@H](C)CC/C=C/C(O)=C1/C(=O)N[C@@H](CCC(=O)O)C1=O. The fourth-order valence-electron chi connectivity index (χ4n) is 2.77. The standard InChI is InChI=1S/C23H31NO5/c1-4-16(2)10-6-5-7-11-17(3)12-8-9-13-19(25)21-22(28)18(24-23(21)29)14-15-20(26)27/h4-7,9-10,13,17-18,25H,8,11-12,14-15H2,1-3H3,(H,24,29)(H,26,27)/b7-5+,10-6+,13-9+,16-4+,21-19-/t17-,18+/m1/s1. The fraction of sp³-hybridized carbons (Fsp3) is 0.435. The first-order valence-corrected chi connectivity index (χ1v) is 9.89. The molecular formula is C23H31NO5. The summed E-state index contributed by atoms with van der Waals surface area (Å²) in [6.45, 7) is 6.18. The second-order valence-electron chi connectivity index (χ2n) is 7.22. The van der Waals surface area contributed by atoms with Crippen molar-refractivity contribution in [3.8, 4) is 0 Å². The van der Waals surface area contributed by atoms with E-state index in [2.05, 4.69) is 18.3 Å². The Labute approximate surface area is 172 Å². The van der Waals surface area contributed by atoms with E-state index in [1.807, 2.05) is 38.2 Å². The molecule has 6 heteroatoms. The van der Waals surface area contributed by atoms with Crippen LogP contribution in [-0.4, -0.2) is 33.9 Å². The Kier molecular flexibility index (Phi) is 10.4. The third kappa shape index (κ3) is 8.77. The molecule has 2 atom stereocenters. The maximum atomic E-state index is 12.2. The Bertz CT molecular complexity index is 755. The van der Waals surface area contributed by atoms with Crippen LogP contribution in [0.15, 0.2) is 59.4 Å². The van der Waals surface area contributed by atoms with Crippen molar-refractivity contribution in [1.29, 1.82) is 0 Å². The van der Waals surface area contributed by atoms with Gasteiger partial charge in [-0.3, -0.25) is 14.4 Å². The summed E-state index contributed by atoms with van der Waals surface area (Å²) in [6.07, 6.45) is 15.7. The van der Waals surface area contributed by atoms with Crippen LogP contribution >= 0.6 is 0 Å². The second kappa shape index (κ2) is 12.5. The lowest BCUT2D eigenvalue weighted by Crippen LogP contribution is -2.29. The van der Waals surface area contributed by atoms with Crippen LogP contribution in [0.4, 0.5) is 0 Å². The Hall–Kier alpha value is -2.89. The highest BCUT2D eigenvalue weighted by molar-refractivity contribution is 6.27. The Morgan fingerprint density at radius 1 is 1.17 bits per heavy atom. The monoisotopic (exact) mass is 401 g/mol. The van der Waals surface area contributed by atoms with E-state index in [0.717, 1.165) is 12.8 Å². The first kappa shape index (κ1) is 24.1. The first-order chi connectivity index (χ1) is 13.8. The highest BCUT2D eigenvalue weighted by atomic mass is 16.4. The predicted octanol–water partition coefficient (Wildman–Crippen LogP) is 4.17. The molecule has 0 aromatic heterocycles. The molecule has 0 aromatic carbocycles. The first-order valence-electron chi connectivity index (χ1n) is 9.89. The predicted molar refractivity (Wildman–Crippen MR) is 113 cm³/mol. The van der Waals surface area contributed by atoms with Gasteiger partial charge in [-0.05, 0) is 51.5 Å². The molecule has 1 fully saturated rings. The Morgan fingerprint density at radius 2 is 1.90 bits per heavy atom. The maximum Gasteiger partial charge on any atom is 0.303 e. The van der Waals surface area contributed by atoms with Gasteiger partial charge in [0, 0.05) is 6.42 Å². The van der Waals surface area contributed by atoms with E-state index in [9.17, 15) is 19.5 Å². The number of aliphatic hydroxyl groups excluding tert-OH is 1. The van der Waals surface area contributed by atoms with Crippen LogP contribution in [0.3, 0.4) is 0 Å².